The predicted octanol–water partition coefficient (Wildman–Crippen LogP) is 3.56. The van der Waals surface area contributed by atoms with Gasteiger partial charge in [-0.2, -0.15) is 0 Å². The Bertz CT molecular complexity index is 323. The van der Waals surface area contributed by atoms with Gasteiger partial charge in [-0.05, 0) is 17.0 Å². The van der Waals surface area contributed by atoms with Crippen molar-refractivity contribution in [2.75, 3.05) is 0 Å². The predicted molar refractivity (Wildman–Crippen MR) is 58.2 cm³/mol. The van der Waals surface area contributed by atoms with E-state index in [0.717, 1.165) is 10.8 Å². The van der Waals surface area contributed by atoms with Crippen LogP contribution in [-0.2, 0) is 5.41 Å². The van der Waals surface area contributed by atoms with Gasteiger partial charge >= 0.3 is 0 Å². The lowest BCUT2D eigenvalue weighted by molar-refractivity contribution is 0.112. The average Bonchev–Trinajstić information content (AvgIpc) is 2.02. The molecule has 0 radical (unpaired) electrons. The minimum atomic E-state index is 0.129. The molecule has 0 saturated carbocycles. The zero-order valence-electron chi connectivity index (χ0n) is 8.10. The Morgan fingerprint density at radius 1 is 1.31 bits per heavy atom. The molecule has 0 fully saturated rings. The maximum Gasteiger partial charge on any atom is 0.151 e. The minimum Gasteiger partial charge on any atom is -0.298 e. The Hall–Kier alpha value is -0.630. The third kappa shape index (κ3) is 2.41. The zero-order chi connectivity index (χ0) is 10.1. The van der Waals surface area contributed by atoms with Crippen LogP contribution in [0.25, 0.3) is 0 Å². The van der Waals surface area contributed by atoms with Gasteiger partial charge in [0.05, 0.1) is 0 Å². The molecule has 0 saturated heterocycles. The summed E-state index contributed by atoms with van der Waals surface area (Å²) < 4.78 is 0.870. The molecule has 2 heteroatoms. The van der Waals surface area contributed by atoms with Crippen molar-refractivity contribution >= 4 is 22.2 Å². The molecule has 0 aromatic heterocycles. The van der Waals surface area contributed by atoms with Crippen LogP contribution in [0, 0.1) is 0 Å². The maximum absolute atomic E-state index is 10.6. The summed E-state index contributed by atoms with van der Waals surface area (Å²) >= 11 is 3.37. The standard InChI is InChI=1S/C11H13BrO/c1-11(2,3)9-5-4-8(7-13)10(12)6-9/h4-7H,1-3H3. The summed E-state index contributed by atoms with van der Waals surface area (Å²) in [4.78, 5) is 10.6. The number of carbonyl (C=O) groups is 1. The molecule has 1 aromatic carbocycles. The summed E-state index contributed by atoms with van der Waals surface area (Å²) in [6, 6.07) is 5.84. The molecule has 0 unspecified atom stereocenters. The van der Waals surface area contributed by atoms with E-state index < -0.39 is 0 Å². The molecule has 0 amide bonds. The molecule has 0 spiro atoms. The van der Waals surface area contributed by atoms with Crippen LogP contribution in [0.4, 0.5) is 0 Å². The molecule has 0 atom stereocenters. The Morgan fingerprint density at radius 3 is 2.31 bits per heavy atom. The Morgan fingerprint density at radius 2 is 1.92 bits per heavy atom. The van der Waals surface area contributed by atoms with E-state index in [2.05, 4.69) is 36.7 Å². The van der Waals surface area contributed by atoms with Gasteiger partial charge in [-0.15, -0.1) is 0 Å². The summed E-state index contributed by atoms with van der Waals surface area (Å²) in [6.45, 7) is 6.44. The third-order valence-electron chi connectivity index (χ3n) is 1.99. The maximum atomic E-state index is 10.6. The van der Waals surface area contributed by atoms with E-state index in [4.69, 9.17) is 0 Å². The quantitative estimate of drug-likeness (QED) is 0.687. The van der Waals surface area contributed by atoms with Crippen molar-refractivity contribution in [3.05, 3.63) is 33.8 Å². The summed E-state index contributed by atoms with van der Waals surface area (Å²) in [5, 5.41) is 0. The van der Waals surface area contributed by atoms with Crippen LogP contribution >= 0.6 is 15.9 Å². The number of rotatable bonds is 1. The lowest BCUT2D eigenvalue weighted by Gasteiger charge is -2.19. The number of aldehydes is 1. The average molecular weight is 241 g/mol. The van der Waals surface area contributed by atoms with Crippen LogP contribution in [-0.4, -0.2) is 6.29 Å². The van der Waals surface area contributed by atoms with Gasteiger partial charge < -0.3 is 0 Å². The smallest absolute Gasteiger partial charge is 0.151 e. The molecule has 13 heavy (non-hydrogen) atoms. The molecule has 0 aliphatic rings. The third-order valence-corrected chi connectivity index (χ3v) is 2.68. The van der Waals surface area contributed by atoms with Crippen molar-refractivity contribution in [2.24, 2.45) is 0 Å². The fourth-order valence-corrected chi connectivity index (χ4v) is 1.56. The van der Waals surface area contributed by atoms with Crippen molar-refractivity contribution in [3.8, 4) is 0 Å². The van der Waals surface area contributed by atoms with Crippen molar-refractivity contribution in [1.29, 1.82) is 0 Å². The second-order valence-corrected chi connectivity index (χ2v) is 4.96. The molecule has 0 heterocycles. The van der Waals surface area contributed by atoms with Gasteiger partial charge in [0.2, 0.25) is 0 Å². The highest BCUT2D eigenvalue weighted by atomic mass is 79.9. The van der Waals surface area contributed by atoms with Crippen LogP contribution < -0.4 is 0 Å². The number of halogens is 1. The second kappa shape index (κ2) is 3.62. The molecule has 0 bridgehead atoms. The topological polar surface area (TPSA) is 17.1 Å². The van der Waals surface area contributed by atoms with Crippen molar-refractivity contribution in [2.45, 2.75) is 26.2 Å². The van der Waals surface area contributed by atoms with Gasteiger partial charge in [0.1, 0.15) is 0 Å². The lowest BCUT2D eigenvalue weighted by Crippen LogP contribution is -2.11. The second-order valence-electron chi connectivity index (χ2n) is 4.10. The number of hydrogen-bond donors (Lipinski definition) is 0. The first kappa shape index (κ1) is 10.5. The van der Waals surface area contributed by atoms with Gasteiger partial charge in [0, 0.05) is 10.0 Å². The minimum absolute atomic E-state index is 0.129. The van der Waals surface area contributed by atoms with Crippen LogP contribution in [0.15, 0.2) is 22.7 Å². The molecular formula is C11H13BrO. The van der Waals surface area contributed by atoms with E-state index in [1.165, 1.54) is 5.56 Å². The van der Waals surface area contributed by atoms with E-state index in [1.807, 2.05) is 18.2 Å². The zero-order valence-corrected chi connectivity index (χ0v) is 9.68. The molecule has 0 aliphatic carbocycles. The van der Waals surface area contributed by atoms with Gasteiger partial charge in [0.25, 0.3) is 0 Å². The van der Waals surface area contributed by atoms with Crippen LogP contribution in [0.2, 0.25) is 0 Å². The Kier molecular flexibility index (Phi) is 2.91. The van der Waals surface area contributed by atoms with E-state index in [9.17, 15) is 4.79 Å². The summed E-state index contributed by atoms with van der Waals surface area (Å²) in [5.41, 5.74) is 2.06. The summed E-state index contributed by atoms with van der Waals surface area (Å²) in [5.74, 6) is 0. The fraction of sp³-hybridized carbons (Fsp3) is 0.364. The van der Waals surface area contributed by atoms with E-state index in [1.54, 1.807) is 0 Å². The molecule has 1 aromatic rings. The van der Waals surface area contributed by atoms with Crippen LogP contribution in [0.3, 0.4) is 0 Å². The van der Waals surface area contributed by atoms with Gasteiger partial charge in [-0.25, -0.2) is 0 Å². The Balaban J connectivity index is 3.17. The van der Waals surface area contributed by atoms with E-state index >= 15 is 0 Å². The van der Waals surface area contributed by atoms with E-state index in [0.29, 0.717) is 5.56 Å². The normalized spacial score (nSPS) is 11.4. The first-order chi connectivity index (χ1) is 5.95. The first-order valence-corrected chi connectivity index (χ1v) is 4.99. The molecule has 1 rings (SSSR count). The summed E-state index contributed by atoms with van der Waals surface area (Å²) in [7, 11) is 0. The SMILES string of the molecule is CC(C)(C)c1ccc(C=O)c(Br)c1. The largest absolute Gasteiger partial charge is 0.298 e. The van der Waals surface area contributed by atoms with Gasteiger partial charge in [-0.1, -0.05) is 48.8 Å². The first-order valence-electron chi connectivity index (χ1n) is 4.20. The highest BCUT2D eigenvalue weighted by Crippen LogP contribution is 2.26. The molecule has 1 nitrogen and oxygen atoms in total. The van der Waals surface area contributed by atoms with Crippen LogP contribution in [0.1, 0.15) is 36.7 Å². The van der Waals surface area contributed by atoms with Crippen molar-refractivity contribution in [3.63, 3.8) is 0 Å². The summed E-state index contributed by atoms with van der Waals surface area (Å²) in [6.07, 6.45) is 0.858. The molecular weight excluding hydrogens is 228 g/mol. The highest BCUT2D eigenvalue weighted by molar-refractivity contribution is 9.10. The van der Waals surface area contributed by atoms with Crippen LogP contribution in [0.5, 0.6) is 0 Å². The number of hydrogen-bond acceptors (Lipinski definition) is 1. The van der Waals surface area contributed by atoms with E-state index in [-0.39, 0.29) is 5.41 Å². The molecule has 0 aliphatic heterocycles. The number of benzene rings is 1. The van der Waals surface area contributed by atoms with Crippen molar-refractivity contribution in [1.82, 2.24) is 0 Å². The fourth-order valence-electron chi connectivity index (χ4n) is 1.09. The molecule has 0 N–H and O–H groups in total. The molecule has 70 valence electrons. The lowest BCUT2D eigenvalue weighted by atomic mass is 9.87. The van der Waals surface area contributed by atoms with Gasteiger partial charge in [-0.3, -0.25) is 4.79 Å². The number of carbonyl (C=O) groups excluding carboxylic acids is 1. The van der Waals surface area contributed by atoms with Gasteiger partial charge in [0.15, 0.2) is 6.29 Å². The Labute approximate surface area is 87.3 Å². The highest BCUT2D eigenvalue weighted by Gasteiger charge is 2.14. The van der Waals surface area contributed by atoms with Crippen molar-refractivity contribution < 1.29 is 4.79 Å². The monoisotopic (exact) mass is 240 g/mol.